The molecule has 1 aromatic heterocycles. The maximum Gasteiger partial charge on any atom is 0.162 e. The Morgan fingerprint density at radius 1 is 1.26 bits per heavy atom. The molecule has 0 bridgehead atoms. The summed E-state index contributed by atoms with van der Waals surface area (Å²) in [5.74, 6) is -2.55. The van der Waals surface area contributed by atoms with E-state index in [2.05, 4.69) is 20.2 Å². The molecule has 0 saturated carbocycles. The number of hydrogen-bond acceptors (Lipinski definition) is 7. The molecule has 0 radical (unpaired) electrons. The lowest BCUT2D eigenvalue weighted by Gasteiger charge is -2.26. The Bertz CT molecular complexity index is 1410. The van der Waals surface area contributed by atoms with E-state index in [1.54, 1.807) is 0 Å². The second-order valence-corrected chi connectivity index (χ2v) is 6.94. The monoisotopic (exact) mass is 455 g/mol. The zero-order valence-electron chi connectivity index (χ0n) is 25.3. The summed E-state index contributed by atoms with van der Waals surface area (Å²) in [7, 11) is -3.00. The Morgan fingerprint density at radius 3 is 2.97 bits per heavy atom. The Balaban J connectivity index is 1.80. The van der Waals surface area contributed by atoms with E-state index in [-0.39, 0.29) is 29.1 Å². The first-order chi connectivity index (χ1) is 18.8. The maximum absolute atomic E-state index is 14.1. The highest BCUT2D eigenvalue weighted by atomic mass is 35.5. The summed E-state index contributed by atoms with van der Waals surface area (Å²) in [5, 5.41) is 1.62. The van der Waals surface area contributed by atoms with Gasteiger partial charge < -0.3 is 19.5 Å². The van der Waals surface area contributed by atoms with Gasteiger partial charge in [0.25, 0.3) is 0 Å². The van der Waals surface area contributed by atoms with Crippen LogP contribution in [0.3, 0.4) is 0 Å². The largest absolute Gasteiger partial charge is 0.493 e. The van der Waals surface area contributed by atoms with Gasteiger partial charge in [-0.3, -0.25) is 4.90 Å². The average molecular weight is 456 g/mol. The number of fused-ring (bicyclic) bond motifs is 1. The van der Waals surface area contributed by atoms with Crippen LogP contribution in [0.4, 0.5) is 15.9 Å². The van der Waals surface area contributed by atoms with Crippen molar-refractivity contribution in [1.29, 1.82) is 0 Å². The number of morpholine rings is 1. The molecule has 0 atom stereocenters. The van der Waals surface area contributed by atoms with Crippen molar-refractivity contribution in [2.45, 2.75) is 6.42 Å². The molecule has 1 N–H and O–H groups in total. The SMILES string of the molecule is [2H]c1nc(Nc2c([2H])c([2H])c(F)c(Cl)c2[2H])c2c([2H])c(OCCCN3CCOCC3)c(OC([2H])([2H])[2H])c([2H])c2n1. The van der Waals surface area contributed by atoms with Crippen LogP contribution in [0.15, 0.2) is 36.5 Å². The molecule has 1 fully saturated rings. The second kappa shape index (κ2) is 10.1. The summed E-state index contributed by atoms with van der Waals surface area (Å²) in [6.07, 6.45) is -0.157. The van der Waals surface area contributed by atoms with Gasteiger partial charge in [-0.2, -0.15) is 0 Å². The quantitative estimate of drug-likeness (QED) is 0.508. The maximum atomic E-state index is 14.1. The van der Waals surface area contributed by atoms with E-state index < -0.39 is 65.8 Å². The summed E-state index contributed by atoms with van der Waals surface area (Å²) < 4.78 is 102. The van der Waals surface area contributed by atoms with Crippen LogP contribution in [-0.4, -0.2) is 61.4 Å². The van der Waals surface area contributed by atoms with Crippen molar-refractivity contribution >= 4 is 34.0 Å². The minimum Gasteiger partial charge on any atom is -0.493 e. The fourth-order valence-corrected chi connectivity index (χ4v) is 3.13. The number of methoxy groups -OCH3 is 1. The molecular formula is C22H24ClFN4O3. The molecule has 9 heteroatoms. The van der Waals surface area contributed by atoms with E-state index in [4.69, 9.17) is 38.1 Å². The van der Waals surface area contributed by atoms with Gasteiger partial charge >= 0.3 is 0 Å². The second-order valence-electron chi connectivity index (χ2n) is 6.57. The molecule has 31 heavy (non-hydrogen) atoms. The summed E-state index contributed by atoms with van der Waals surface area (Å²) in [6.45, 7) is 3.39. The number of aromatic nitrogens is 2. The van der Waals surface area contributed by atoms with Gasteiger partial charge in [-0.05, 0) is 30.6 Å². The van der Waals surface area contributed by atoms with Crippen LogP contribution < -0.4 is 14.8 Å². The fraction of sp³-hybridized carbons (Fsp3) is 0.364. The highest BCUT2D eigenvalue weighted by molar-refractivity contribution is 6.31. The molecule has 0 amide bonds. The molecule has 2 heterocycles. The van der Waals surface area contributed by atoms with Crippen molar-refractivity contribution in [3.8, 4) is 11.5 Å². The molecule has 0 aliphatic carbocycles. The zero-order chi connectivity index (χ0) is 29.4. The summed E-state index contributed by atoms with van der Waals surface area (Å²) >= 11 is 5.82. The number of anilines is 2. The lowest BCUT2D eigenvalue weighted by atomic mass is 10.2. The predicted octanol–water partition coefficient (Wildman–Crippen LogP) is 4.28. The van der Waals surface area contributed by atoms with Crippen molar-refractivity contribution in [3.05, 3.63) is 47.4 Å². The summed E-state index contributed by atoms with van der Waals surface area (Å²) in [6, 6.07) is -3.38. The standard InChI is InChI=1S/C22H24ClFN4O3/c1-29-20-13-19-16(12-21(20)31-8-2-5-28-6-9-30-10-7-28)22(26-14-25-19)27-15-3-4-18(24)17(23)11-15/h3-4,11-14H,2,5-10H2,1H3,(H,25,26,27)/i1D3,3D,4D,11D,12D,13D,14D. The number of ether oxygens (including phenoxy) is 3. The van der Waals surface area contributed by atoms with Crippen molar-refractivity contribution in [3.63, 3.8) is 0 Å². The van der Waals surface area contributed by atoms with Crippen LogP contribution in [0.2, 0.25) is 5.02 Å². The number of benzene rings is 2. The summed E-state index contributed by atoms with van der Waals surface area (Å²) in [5.41, 5.74) is -0.776. The molecule has 1 aliphatic heterocycles. The first kappa shape index (κ1) is 13.0. The van der Waals surface area contributed by atoms with Crippen LogP contribution in [0.5, 0.6) is 11.5 Å². The fourth-order valence-electron chi connectivity index (χ4n) is 2.99. The van der Waals surface area contributed by atoms with E-state index in [1.165, 1.54) is 0 Å². The molecule has 2 aromatic carbocycles. The lowest BCUT2D eigenvalue weighted by molar-refractivity contribution is 0.0357. The van der Waals surface area contributed by atoms with Gasteiger partial charge in [-0.25, -0.2) is 14.4 Å². The van der Waals surface area contributed by atoms with Crippen LogP contribution in [-0.2, 0) is 4.74 Å². The van der Waals surface area contributed by atoms with Crippen LogP contribution in [0, 0.1) is 5.82 Å². The van der Waals surface area contributed by atoms with Crippen LogP contribution in [0.25, 0.3) is 10.9 Å². The molecule has 3 aromatic rings. The Hall–Kier alpha value is -2.68. The third kappa shape index (κ3) is 5.33. The molecule has 4 rings (SSSR count). The zero-order valence-corrected chi connectivity index (χ0v) is 17.0. The van der Waals surface area contributed by atoms with Crippen LogP contribution in [0.1, 0.15) is 18.8 Å². The van der Waals surface area contributed by atoms with Gasteiger partial charge in [0.1, 0.15) is 19.3 Å². The minimum absolute atomic E-state index is 0.0369. The third-order valence-electron chi connectivity index (χ3n) is 4.51. The topological polar surface area (TPSA) is 68.7 Å². The molecule has 0 spiro atoms. The molecule has 1 aliphatic rings. The first-order valence-electron chi connectivity index (χ1n) is 13.9. The van der Waals surface area contributed by atoms with Gasteiger partial charge in [-0.1, -0.05) is 11.6 Å². The smallest absolute Gasteiger partial charge is 0.162 e. The van der Waals surface area contributed by atoms with E-state index in [1.807, 2.05) is 0 Å². The lowest BCUT2D eigenvalue weighted by Crippen LogP contribution is -2.37. The van der Waals surface area contributed by atoms with Gasteiger partial charge in [0, 0.05) is 36.8 Å². The predicted molar refractivity (Wildman–Crippen MR) is 118 cm³/mol. The van der Waals surface area contributed by atoms with Gasteiger partial charge in [0.2, 0.25) is 0 Å². The number of nitrogens with one attached hydrogen (secondary N) is 1. The molecule has 1 saturated heterocycles. The highest BCUT2D eigenvalue weighted by Crippen LogP contribution is 2.35. The number of halogens is 2. The number of nitrogens with zero attached hydrogens (tertiary/aromatic N) is 3. The molecule has 7 nitrogen and oxygen atoms in total. The molecule has 0 unspecified atom stereocenters. The Labute approximate surface area is 197 Å². The number of rotatable bonds is 8. The van der Waals surface area contributed by atoms with Crippen molar-refractivity contribution in [2.24, 2.45) is 0 Å². The Morgan fingerprint density at radius 2 is 2.13 bits per heavy atom. The molecule has 164 valence electrons. The van der Waals surface area contributed by atoms with Crippen molar-refractivity contribution < 1.29 is 30.9 Å². The van der Waals surface area contributed by atoms with E-state index in [0.717, 1.165) is 13.1 Å². The van der Waals surface area contributed by atoms with E-state index in [9.17, 15) is 4.39 Å². The first-order valence-corrected chi connectivity index (χ1v) is 9.83. The third-order valence-corrected chi connectivity index (χ3v) is 4.77. The van der Waals surface area contributed by atoms with Gasteiger partial charge in [0.15, 0.2) is 11.5 Å². The minimum atomic E-state index is -3.00. The van der Waals surface area contributed by atoms with Crippen molar-refractivity contribution in [1.82, 2.24) is 14.9 Å². The van der Waals surface area contributed by atoms with E-state index in [0.29, 0.717) is 26.2 Å². The normalized spacial score (nSPS) is 19.1. The summed E-state index contributed by atoms with van der Waals surface area (Å²) in [4.78, 5) is 9.95. The van der Waals surface area contributed by atoms with E-state index >= 15 is 0 Å². The van der Waals surface area contributed by atoms with Crippen molar-refractivity contribution in [2.75, 3.05) is 51.8 Å². The average Bonchev–Trinajstić information content (AvgIpc) is 2.90. The Kier molecular flexibility index (Phi) is 4.23. The van der Waals surface area contributed by atoms with Gasteiger partial charge in [-0.15, -0.1) is 0 Å². The van der Waals surface area contributed by atoms with Crippen LogP contribution >= 0.6 is 11.6 Å². The highest BCUT2D eigenvalue weighted by Gasteiger charge is 2.14. The van der Waals surface area contributed by atoms with Gasteiger partial charge in [0.05, 0.1) is 48.4 Å². The number of hydrogen-bond donors (Lipinski definition) is 1. The molecular weight excluding hydrogens is 423 g/mol.